The quantitative estimate of drug-likeness (QED) is 0.524. The first-order chi connectivity index (χ1) is 15.1. The third-order valence-corrected chi connectivity index (χ3v) is 5.87. The third kappa shape index (κ3) is 4.75. The van der Waals surface area contributed by atoms with Crippen LogP contribution in [0, 0.1) is 5.92 Å². The molecule has 0 atom stereocenters. The van der Waals surface area contributed by atoms with Crippen molar-refractivity contribution in [1.29, 1.82) is 0 Å². The predicted molar refractivity (Wildman–Crippen MR) is 122 cm³/mol. The summed E-state index contributed by atoms with van der Waals surface area (Å²) in [6.07, 6.45) is 6.98. The highest BCUT2D eigenvalue weighted by molar-refractivity contribution is 5.67. The van der Waals surface area contributed by atoms with Gasteiger partial charge in [0.15, 0.2) is 28.8 Å². The highest BCUT2D eigenvalue weighted by Gasteiger charge is 2.22. The molecule has 1 saturated carbocycles. The van der Waals surface area contributed by atoms with Gasteiger partial charge in [-0.3, -0.25) is 0 Å². The number of imidazole rings is 1. The lowest BCUT2D eigenvalue weighted by Crippen LogP contribution is -2.11. The van der Waals surface area contributed by atoms with Crippen LogP contribution in [-0.4, -0.2) is 39.8 Å². The van der Waals surface area contributed by atoms with Crippen LogP contribution in [0.15, 0.2) is 24.5 Å². The Morgan fingerprint density at radius 3 is 2.68 bits per heavy atom. The summed E-state index contributed by atoms with van der Waals surface area (Å²) in [7, 11) is 1.69. The first-order valence-corrected chi connectivity index (χ1v) is 11.3. The highest BCUT2D eigenvalue weighted by Crippen LogP contribution is 2.33. The van der Waals surface area contributed by atoms with Crippen LogP contribution in [0.5, 0.6) is 11.5 Å². The van der Waals surface area contributed by atoms with E-state index in [2.05, 4.69) is 47.8 Å². The van der Waals surface area contributed by atoms with E-state index in [1.165, 1.54) is 25.7 Å². The van der Waals surface area contributed by atoms with Crippen LogP contribution in [0.1, 0.15) is 63.8 Å². The van der Waals surface area contributed by atoms with Gasteiger partial charge in [-0.15, -0.1) is 0 Å². The molecule has 1 fully saturated rings. The summed E-state index contributed by atoms with van der Waals surface area (Å²) in [6, 6.07) is 6.12. The lowest BCUT2D eigenvalue weighted by Gasteiger charge is -2.17. The molecule has 7 heteroatoms. The Hall–Kier alpha value is -2.83. The van der Waals surface area contributed by atoms with Gasteiger partial charge in [0, 0.05) is 12.5 Å². The second-order valence-electron chi connectivity index (χ2n) is 8.61. The van der Waals surface area contributed by atoms with Crippen molar-refractivity contribution >= 4 is 5.82 Å². The first kappa shape index (κ1) is 21.4. The van der Waals surface area contributed by atoms with E-state index in [0.717, 1.165) is 53.4 Å². The van der Waals surface area contributed by atoms with Gasteiger partial charge in [0.1, 0.15) is 5.82 Å². The second kappa shape index (κ2) is 9.54. The Morgan fingerprint density at radius 2 is 1.97 bits per heavy atom. The molecule has 0 saturated heterocycles. The average Bonchev–Trinajstić information content (AvgIpc) is 3.44. The molecule has 0 amide bonds. The van der Waals surface area contributed by atoms with Crippen LogP contribution < -0.4 is 14.8 Å². The molecule has 0 spiro atoms. The molecule has 7 nitrogen and oxygen atoms in total. The Balaban J connectivity index is 1.60. The molecule has 166 valence electrons. The maximum atomic E-state index is 6.18. The maximum absolute atomic E-state index is 6.18. The van der Waals surface area contributed by atoms with Gasteiger partial charge < -0.3 is 19.4 Å². The number of ether oxygens (including phenoxy) is 2. The Bertz CT molecular complexity index is 978. The van der Waals surface area contributed by atoms with Crippen molar-refractivity contribution in [2.75, 3.05) is 25.6 Å². The van der Waals surface area contributed by atoms with Crippen molar-refractivity contribution in [2.24, 2.45) is 5.92 Å². The van der Waals surface area contributed by atoms with Crippen LogP contribution in [0.4, 0.5) is 5.82 Å². The Morgan fingerprint density at radius 1 is 1.16 bits per heavy atom. The summed E-state index contributed by atoms with van der Waals surface area (Å²) in [4.78, 5) is 14.2. The summed E-state index contributed by atoms with van der Waals surface area (Å²) in [5.74, 6) is 4.95. The number of methoxy groups -OCH3 is 1. The van der Waals surface area contributed by atoms with Crippen molar-refractivity contribution in [2.45, 2.75) is 58.9 Å². The number of nitrogens with zero attached hydrogens (tertiary/aromatic N) is 4. The number of aromatic nitrogens is 4. The molecule has 2 aliphatic heterocycles. The molecule has 3 aliphatic rings. The minimum absolute atomic E-state index is 0.256. The van der Waals surface area contributed by atoms with Crippen LogP contribution in [0.3, 0.4) is 0 Å². The lowest BCUT2D eigenvalue weighted by atomic mass is 10.1. The predicted octanol–water partition coefficient (Wildman–Crippen LogP) is 4.96. The van der Waals surface area contributed by atoms with Crippen molar-refractivity contribution in [3.05, 3.63) is 35.9 Å². The van der Waals surface area contributed by atoms with Crippen LogP contribution in [-0.2, 0) is 6.54 Å². The van der Waals surface area contributed by atoms with Gasteiger partial charge in [0.2, 0.25) is 0 Å². The second-order valence-corrected chi connectivity index (χ2v) is 8.61. The summed E-state index contributed by atoms with van der Waals surface area (Å²) in [5.41, 5.74) is 1.93. The SMILES string of the molecule is CCNc1ncn(Cc2ccc(OC)c(OCC3CCCC3)c2)c2nc(C(C)C)nc1-2. The first-order valence-electron chi connectivity index (χ1n) is 11.3. The molecular weight excluding hydrogens is 390 g/mol. The molecule has 0 bridgehead atoms. The summed E-state index contributed by atoms with van der Waals surface area (Å²) < 4.78 is 13.8. The van der Waals surface area contributed by atoms with Crippen molar-refractivity contribution < 1.29 is 9.47 Å². The van der Waals surface area contributed by atoms with Gasteiger partial charge in [0.05, 0.1) is 26.6 Å². The van der Waals surface area contributed by atoms with Gasteiger partial charge in [0.25, 0.3) is 0 Å². The number of nitrogens with one attached hydrogen (secondary N) is 1. The molecule has 1 aliphatic carbocycles. The molecule has 2 heterocycles. The van der Waals surface area contributed by atoms with Crippen LogP contribution in [0.25, 0.3) is 11.5 Å². The van der Waals surface area contributed by atoms with Crippen LogP contribution in [0.2, 0.25) is 0 Å². The normalized spacial score (nSPS) is 14.5. The van der Waals surface area contributed by atoms with E-state index >= 15 is 0 Å². The lowest BCUT2D eigenvalue weighted by molar-refractivity contribution is 0.240. The smallest absolute Gasteiger partial charge is 0.166 e. The molecule has 0 unspecified atom stereocenters. The minimum Gasteiger partial charge on any atom is -0.493 e. The molecule has 1 aromatic carbocycles. The van der Waals surface area contributed by atoms with Gasteiger partial charge in [-0.2, -0.15) is 0 Å². The zero-order chi connectivity index (χ0) is 21.8. The fourth-order valence-electron chi connectivity index (χ4n) is 4.14. The van der Waals surface area contributed by atoms with E-state index < -0.39 is 0 Å². The van der Waals surface area contributed by atoms with Crippen molar-refractivity contribution in [3.8, 4) is 23.0 Å². The molecule has 1 N–H and O–H groups in total. The monoisotopic (exact) mass is 423 g/mol. The van der Waals surface area contributed by atoms with E-state index in [0.29, 0.717) is 12.5 Å². The van der Waals surface area contributed by atoms with Crippen molar-refractivity contribution in [1.82, 2.24) is 19.5 Å². The molecule has 31 heavy (non-hydrogen) atoms. The number of rotatable bonds is 9. The molecule has 0 aromatic heterocycles. The number of anilines is 1. The zero-order valence-electron chi connectivity index (χ0n) is 19.0. The number of hydrogen-bond donors (Lipinski definition) is 1. The molecule has 4 rings (SSSR count). The van der Waals surface area contributed by atoms with E-state index in [9.17, 15) is 0 Å². The van der Waals surface area contributed by atoms with Gasteiger partial charge >= 0.3 is 0 Å². The number of fused-ring (bicyclic) bond motifs is 1. The maximum Gasteiger partial charge on any atom is 0.166 e. The van der Waals surface area contributed by atoms with Gasteiger partial charge in [-0.1, -0.05) is 32.8 Å². The van der Waals surface area contributed by atoms with E-state index in [1.54, 1.807) is 7.11 Å². The molecule has 0 radical (unpaired) electrons. The largest absolute Gasteiger partial charge is 0.493 e. The van der Waals surface area contributed by atoms with Gasteiger partial charge in [-0.05, 0) is 43.4 Å². The standard InChI is InChI=1S/C24H33N5O2/c1-5-25-23-21-24(28-22(27-21)16(2)3)29(15-26-23)13-18-10-11-19(30-4)20(12-18)31-14-17-8-6-7-9-17/h10-12,15-17,25H,5-9,13-14H2,1-4H3. The van der Waals surface area contributed by atoms with Crippen molar-refractivity contribution in [3.63, 3.8) is 0 Å². The highest BCUT2D eigenvalue weighted by atomic mass is 16.5. The fourth-order valence-corrected chi connectivity index (χ4v) is 4.14. The number of benzene rings is 1. The van der Waals surface area contributed by atoms with E-state index in [4.69, 9.17) is 19.4 Å². The van der Waals surface area contributed by atoms with E-state index in [-0.39, 0.29) is 5.92 Å². The topological polar surface area (TPSA) is 74.1 Å². The van der Waals surface area contributed by atoms with E-state index in [1.807, 2.05) is 12.4 Å². The Kier molecular flexibility index (Phi) is 6.59. The average molecular weight is 424 g/mol. The van der Waals surface area contributed by atoms with Gasteiger partial charge in [-0.25, -0.2) is 15.0 Å². The van der Waals surface area contributed by atoms with Crippen LogP contribution >= 0.6 is 0 Å². The fraction of sp³-hybridized carbons (Fsp3) is 0.542. The number of hydrogen-bond acceptors (Lipinski definition) is 6. The summed E-state index contributed by atoms with van der Waals surface area (Å²) >= 11 is 0. The summed E-state index contributed by atoms with van der Waals surface area (Å²) in [6.45, 7) is 8.44. The molecule has 1 aromatic rings. The molecular formula is C24H33N5O2. The minimum atomic E-state index is 0.256. The Labute approximate surface area is 184 Å². The zero-order valence-corrected chi connectivity index (χ0v) is 19.0. The summed E-state index contributed by atoms with van der Waals surface area (Å²) in [5, 5.41) is 3.30. The third-order valence-electron chi connectivity index (χ3n) is 5.87.